The van der Waals surface area contributed by atoms with Gasteiger partial charge in [0.1, 0.15) is 12.1 Å². The number of benzene rings is 1. The SMILES string of the molecule is CCOC(=O)Cn1c(=O)n(-c2ccc(C)c(C)c2)c2nc(-c3ccco3)nc(C(N)=O)c21. The molecule has 10 nitrogen and oxygen atoms in total. The second-order valence-corrected chi connectivity index (χ2v) is 7.19. The van der Waals surface area contributed by atoms with Gasteiger partial charge in [-0.05, 0) is 56.2 Å². The minimum absolute atomic E-state index is 0.0455. The molecule has 2 N–H and O–H groups in total. The van der Waals surface area contributed by atoms with Crippen molar-refractivity contribution in [3.8, 4) is 17.3 Å². The van der Waals surface area contributed by atoms with Crippen LogP contribution in [-0.2, 0) is 16.1 Å². The summed E-state index contributed by atoms with van der Waals surface area (Å²) in [5.74, 6) is -1.13. The predicted octanol–water partition coefficient (Wildman–Crippen LogP) is 2.12. The summed E-state index contributed by atoms with van der Waals surface area (Å²) < 4.78 is 12.8. The molecule has 3 heterocycles. The predicted molar refractivity (Wildman–Crippen MR) is 115 cm³/mol. The molecule has 0 saturated carbocycles. The molecule has 0 atom stereocenters. The van der Waals surface area contributed by atoms with E-state index in [1.807, 2.05) is 26.0 Å². The zero-order valence-corrected chi connectivity index (χ0v) is 17.8. The number of esters is 1. The van der Waals surface area contributed by atoms with Crippen molar-refractivity contribution in [3.05, 3.63) is 63.9 Å². The lowest BCUT2D eigenvalue weighted by molar-refractivity contribution is -0.143. The third-order valence-corrected chi connectivity index (χ3v) is 5.09. The van der Waals surface area contributed by atoms with Crippen molar-refractivity contribution < 1.29 is 18.7 Å². The third kappa shape index (κ3) is 3.55. The molecule has 0 fully saturated rings. The van der Waals surface area contributed by atoms with Gasteiger partial charge in [-0.1, -0.05) is 6.07 Å². The highest BCUT2D eigenvalue weighted by Gasteiger charge is 2.26. The van der Waals surface area contributed by atoms with Gasteiger partial charge in [0.25, 0.3) is 5.91 Å². The Balaban J connectivity index is 2.10. The molecule has 3 aromatic heterocycles. The summed E-state index contributed by atoms with van der Waals surface area (Å²) in [5, 5.41) is 0. The van der Waals surface area contributed by atoms with Gasteiger partial charge in [-0.15, -0.1) is 0 Å². The first-order chi connectivity index (χ1) is 15.3. The minimum atomic E-state index is -0.875. The van der Waals surface area contributed by atoms with Crippen molar-refractivity contribution in [1.82, 2.24) is 19.1 Å². The number of aromatic nitrogens is 4. The number of primary amides is 1. The quantitative estimate of drug-likeness (QED) is 0.458. The maximum absolute atomic E-state index is 13.5. The Bertz CT molecular complexity index is 1400. The van der Waals surface area contributed by atoms with Crippen LogP contribution in [0.25, 0.3) is 28.4 Å². The Kier molecular flexibility index (Phi) is 5.35. The fraction of sp³-hybridized carbons (Fsp3) is 0.227. The highest BCUT2D eigenvalue weighted by atomic mass is 16.5. The average Bonchev–Trinajstić information content (AvgIpc) is 3.37. The molecular weight excluding hydrogens is 414 g/mol. The zero-order chi connectivity index (χ0) is 23.0. The summed E-state index contributed by atoms with van der Waals surface area (Å²) >= 11 is 0. The van der Waals surface area contributed by atoms with Gasteiger partial charge in [0, 0.05) is 0 Å². The van der Waals surface area contributed by atoms with Crippen LogP contribution in [0.5, 0.6) is 0 Å². The van der Waals surface area contributed by atoms with Crippen molar-refractivity contribution in [2.75, 3.05) is 6.61 Å². The van der Waals surface area contributed by atoms with E-state index in [1.165, 1.54) is 10.8 Å². The largest absolute Gasteiger partial charge is 0.465 e. The lowest BCUT2D eigenvalue weighted by atomic mass is 10.1. The monoisotopic (exact) mass is 435 g/mol. The Morgan fingerprint density at radius 1 is 1.16 bits per heavy atom. The number of amides is 1. The van der Waals surface area contributed by atoms with Crippen LogP contribution in [0.1, 0.15) is 28.5 Å². The van der Waals surface area contributed by atoms with Crippen molar-refractivity contribution in [1.29, 1.82) is 0 Å². The third-order valence-electron chi connectivity index (χ3n) is 5.09. The van der Waals surface area contributed by atoms with Crippen LogP contribution >= 0.6 is 0 Å². The Morgan fingerprint density at radius 3 is 2.56 bits per heavy atom. The average molecular weight is 435 g/mol. The molecule has 0 aliphatic rings. The molecule has 4 rings (SSSR count). The highest BCUT2D eigenvalue weighted by molar-refractivity contribution is 6.02. The molecule has 0 aliphatic heterocycles. The number of carbonyl (C=O) groups excluding carboxylic acids is 2. The molecule has 164 valence electrons. The number of rotatable bonds is 6. The van der Waals surface area contributed by atoms with Crippen LogP contribution in [0.4, 0.5) is 0 Å². The molecule has 1 amide bonds. The van der Waals surface area contributed by atoms with E-state index in [0.717, 1.165) is 15.7 Å². The Morgan fingerprint density at radius 2 is 1.94 bits per heavy atom. The summed E-state index contributed by atoms with van der Waals surface area (Å²) in [7, 11) is 0. The van der Waals surface area contributed by atoms with Crippen LogP contribution in [0.15, 0.2) is 45.8 Å². The van der Waals surface area contributed by atoms with Gasteiger partial charge in [0.2, 0.25) is 0 Å². The summed E-state index contributed by atoms with van der Waals surface area (Å²) in [6.07, 6.45) is 1.44. The van der Waals surface area contributed by atoms with E-state index in [9.17, 15) is 14.4 Å². The van der Waals surface area contributed by atoms with Gasteiger partial charge in [-0.2, -0.15) is 0 Å². The lowest BCUT2D eigenvalue weighted by Gasteiger charge is -2.07. The second kappa shape index (κ2) is 8.14. The lowest BCUT2D eigenvalue weighted by Crippen LogP contribution is -2.28. The van der Waals surface area contributed by atoms with E-state index in [-0.39, 0.29) is 29.3 Å². The first kappa shape index (κ1) is 21.0. The number of furan rings is 1. The van der Waals surface area contributed by atoms with E-state index in [2.05, 4.69) is 9.97 Å². The zero-order valence-electron chi connectivity index (χ0n) is 17.8. The number of imidazole rings is 1. The number of carbonyl (C=O) groups is 2. The smallest absolute Gasteiger partial charge is 0.335 e. The number of aryl methyl sites for hydroxylation is 2. The van der Waals surface area contributed by atoms with Crippen LogP contribution in [0.3, 0.4) is 0 Å². The molecule has 0 bridgehead atoms. The standard InChI is InChI=1S/C22H21N5O5/c1-4-31-16(28)11-26-18-17(19(23)29)24-20(15-6-5-9-32-15)25-21(18)27(22(26)30)14-8-7-12(2)13(3)10-14/h5-10H,4,11H2,1-3H3,(H2,23,29). The molecular formula is C22H21N5O5. The Hall–Kier alpha value is -4.21. The minimum Gasteiger partial charge on any atom is -0.465 e. The number of nitrogens with two attached hydrogens (primary N) is 1. The van der Waals surface area contributed by atoms with E-state index in [4.69, 9.17) is 14.9 Å². The van der Waals surface area contributed by atoms with Gasteiger partial charge in [-0.3, -0.25) is 14.2 Å². The number of ether oxygens (including phenoxy) is 1. The van der Waals surface area contributed by atoms with E-state index >= 15 is 0 Å². The van der Waals surface area contributed by atoms with Gasteiger partial charge in [0.05, 0.1) is 18.6 Å². The molecule has 0 aliphatic carbocycles. The van der Waals surface area contributed by atoms with Crippen molar-refractivity contribution in [2.24, 2.45) is 5.73 Å². The van der Waals surface area contributed by atoms with Gasteiger partial charge < -0.3 is 14.9 Å². The maximum atomic E-state index is 13.5. The highest BCUT2D eigenvalue weighted by Crippen LogP contribution is 2.24. The molecule has 0 saturated heterocycles. The molecule has 0 spiro atoms. The number of hydrogen-bond acceptors (Lipinski definition) is 7. The van der Waals surface area contributed by atoms with Gasteiger partial charge in [0.15, 0.2) is 22.9 Å². The summed E-state index contributed by atoms with van der Waals surface area (Å²) in [6, 6.07) is 8.73. The molecule has 1 aromatic carbocycles. The Labute approximate surface area is 182 Å². The van der Waals surface area contributed by atoms with E-state index in [1.54, 1.807) is 25.1 Å². The van der Waals surface area contributed by atoms with Crippen LogP contribution < -0.4 is 11.4 Å². The number of fused-ring (bicyclic) bond motifs is 1. The van der Waals surface area contributed by atoms with Crippen LogP contribution in [0, 0.1) is 13.8 Å². The summed E-state index contributed by atoms with van der Waals surface area (Å²) in [6.45, 7) is 5.25. The van der Waals surface area contributed by atoms with E-state index < -0.39 is 24.1 Å². The molecule has 0 unspecified atom stereocenters. The van der Waals surface area contributed by atoms with Gasteiger partial charge in [-0.25, -0.2) is 19.3 Å². The van der Waals surface area contributed by atoms with Crippen molar-refractivity contribution >= 4 is 23.0 Å². The topological polar surface area (TPSA) is 135 Å². The van der Waals surface area contributed by atoms with Crippen molar-refractivity contribution in [3.63, 3.8) is 0 Å². The molecule has 4 aromatic rings. The normalized spacial score (nSPS) is 11.1. The first-order valence-corrected chi connectivity index (χ1v) is 9.92. The van der Waals surface area contributed by atoms with E-state index in [0.29, 0.717) is 11.4 Å². The summed E-state index contributed by atoms with van der Waals surface area (Å²) in [5.41, 5.74) is 7.50. The maximum Gasteiger partial charge on any atom is 0.335 e. The molecule has 10 heteroatoms. The molecule has 0 radical (unpaired) electrons. The molecule has 32 heavy (non-hydrogen) atoms. The summed E-state index contributed by atoms with van der Waals surface area (Å²) in [4.78, 5) is 46.7. The second-order valence-electron chi connectivity index (χ2n) is 7.19. The fourth-order valence-electron chi connectivity index (χ4n) is 3.42. The number of nitrogens with zero attached hydrogens (tertiary/aromatic N) is 4. The number of hydrogen-bond donors (Lipinski definition) is 1. The first-order valence-electron chi connectivity index (χ1n) is 9.92. The fourth-order valence-corrected chi connectivity index (χ4v) is 3.42. The van der Waals surface area contributed by atoms with Gasteiger partial charge >= 0.3 is 11.7 Å². The van der Waals surface area contributed by atoms with Crippen LogP contribution in [-0.4, -0.2) is 37.6 Å². The van der Waals surface area contributed by atoms with Crippen molar-refractivity contribution in [2.45, 2.75) is 27.3 Å². The van der Waals surface area contributed by atoms with Crippen LogP contribution in [0.2, 0.25) is 0 Å².